The molecular formula is C19H31BrN4O2. The van der Waals surface area contributed by atoms with E-state index in [1.807, 2.05) is 0 Å². The van der Waals surface area contributed by atoms with Crippen LogP contribution in [0.15, 0.2) is 33.7 Å². The number of guanidine groups is 1. The van der Waals surface area contributed by atoms with E-state index in [4.69, 9.17) is 9.47 Å². The van der Waals surface area contributed by atoms with E-state index in [0.29, 0.717) is 25.9 Å². The minimum absolute atomic E-state index is 0.411. The zero-order valence-corrected chi connectivity index (χ0v) is 17.4. The number of hydrogen-bond acceptors (Lipinski definition) is 4. The second-order valence-corrected chi connectivity index (χ2v) is 7.19. The van der Waals surface area contributed by atoms with Gasteiger partial charge >= 0.3 is 0 Å². The summed E-state index contributed by atoms with van der Waals surface area (Å²) in [6.45, 7) is 7.76. The number of hydrogen-bond donors (Lipinski definition) is 2. The average Bonchev–Trinajstić information content (AvgIpc) is 3.10. The van der Waals surface area contributed by atoms with Crippen molar-refractivity contribution in [2.45, 2.75) is 25.8 Å². The molecule has 1 saturated heterocycles. The van der Waals surface area contributed by atoms with E-state index >= 15 is 0 Å². The maximum absolute atomic E-state index is 5.48. The summed E-state index contributed by atoms with van der Waals surface area (Å²) in [5.74, 6) is 0.895. The fraction of sp³-hybridized carbons (Fsp3) is 0.632. The normalized spacial score (nSPS) is 17.6. The molecule has 6 nitrogen and oxygen atoms in total. The van der Waals surface area contributed by atoms with Crippen LogP contribution in [0, 0.1) is 0 Å². The van der Waals surface area contributed by atoms with Crippen molar-refractivity contribution in [3.05, 3.63) is 28.7 Å². The number of benzene rings is 1. The van der Waals surface area contributed by atoms with Gasteiger partial charge in [-0.1, -0.05) is 15.9 Å². The summed E-state index contributed by atoms with van der Waals surface area (Å²) >= 11 is 3.49. The zero-order chi connectivity index (χ0) is 18.6. The third-order valence-corrected chi connectivity index (χ3v) is 4.74. The van der Waals surface area contributed by atoms with Crippen LogP contribution in [0.5, 0.6) is 0 Å². The van der Waals surface area contributed by atoms with E-state index in [1.165, 1.54) is 5.69 Å². The van der Waals surface area contributed by atoms with Gasteiger partial charge in [-0.2, -0.15) is 0 Å². The average molecular weight is 427 g/mol. The van der Waals surface area contributed by atoms with Crippen LogP contribution in [0.3, 0.4) is 0 Å². The molecule has 1 fully saturated rings. The van der Waals surface area contributed by atoms with Crippen LogP contribution in [0.1, 0.15) is 19.8 Å². The summed E-state index contributed by atoms with van der Waals surface area (Å²) in [6.07, 6.45) is 2.02. The third-order valence-electron chi connectivity index (χ3n) is 4.21. The Morgan fingerprint density at radius 1 is 1.27 bits per heavy atom. The number of nitrogens with zero attached hydrogens (tertiary/aromatic N) is 2. The molecule has 1 heterocycles. The lowest BCUT2D eigenvalue weighted by Crippen LogP contribution is -2.44. The minimum atomic E-state index is 0.411. The molecule has 0 aliphatic carbocycles. The summed E-state index contributed by atoms with van der Waals surface area (Å²) in [6, 6.07) is 8.92. The van der Waals surface area contributed by atoms with Gasteiger partial charge in [-0.15, -0.1) is 0 Å². The molecule has 1 aromatic carbocycles. The molecule has 7 heteroatoms. The summed E-state index contributed by atoms with van der Waals surface area (Å²) < 4.78 is 11.5. The van der Waals surface area contributed by atoms with Gasteiger partial charge in [-0.25, -0.2) is 0 Å². The summed E-state index contributed by atoms with van der Waals surface area (Å²) in [5.41, 5.74) is 1.27. The third kappa shape index (κ3) is 7.51. The molecule has 1 aromatic rings. The fourth-order valence-corrected chi connectivity index (χ4v) is 3.14. The number of anilines is 1. The molecule has 1 atom stereocenters. The van der Waals surface area contributed by atoms with E-state index in [0.717, 1.165) is 49.5 Å². The van der Waals surface area contributed by atoms with E-state index < -0.39 is 0 Å². The fourth-order valence-electron chi connectivity index (χ4n) is 2.88. The lowest BCUT2D eigenvalue weighted by molar-refractivity contribution is 0.0702. The second-order valence-electron chi connectivity index (χ2n) is 6.27. The number of methoxy groups -OCH3 is 1. The Morgan fingerprint density at radius 3 is 2.81 bits per heavy atom. The van der Waals surface area contributed by atoms with Gasteiger partial charge in [0.05, 0.1) is 13.2 Å². The van der Waals surface area contributed by atoms with Crippen LogP contribution in [0.2, 0.25) is 0 Å². The van der Waals surface area contributed by atoms with Crippen LogP contribution in [0.25, 0.3) is 0 Å². The Kier molecular flexibility index (Phi) is 9.81. The highest BCUT2D eigenvalue weighted by Crippen LogP contribution is 2.22. The maximum Gasteiger partial charge on any atom is 0.191 e. The van der Waals surface area contributed by atoms with Crippen molar-refractivity contribution >= 4 is 27.6 Å². The predicted octanol–water partition coefficient (Wildman–Crippen LogP) is 2.64. The van der Waals surface area contributed by atoms with E-state index in [1.54, 1.807) is 7.11 Å². The van der Waals surface area contributed by atoms with Gasteiger partial charge in [0.2, 0.25) is 0 Å². The van der Waals surface area contributed by atoms with Gasteiger partial charge in [-0.3, -0.25) is 4.99 Å². The maximum atomic E-state index is 5.48. The van der Waals surface area contributed by atoms with Crippen molar-refractivity contribution in [1.82, 2.24) is 10.6 Å². The van der Waals surface area contributed by atoms with Gasteiger partial charge in [0.25, 0.3) is 0 Å². The molecule has 0 saturated carbocycles. The molecule has 0 bridgehead atoms. The lowest BCUT2D eigenvalue weighted by atomic mass is 10.3. The van der Waals surface area contributed by atoms with E-state index in [-0.39, 0.29) is 0 Å². The first-order valence-electron chi connectivity index (χ1n) is 9.35. The molecule has 0 aromatic heterocycles. The molecule has 1 aliphatic rings. The second kappa shape index (κ2) is 12.1. The molecule has 0 radical (unpaired) electrons. The summed E-state index contributed by atoms with van der Waals surface area (Å²) in [4.78, 5) is 7.08. The summed E-state index contributed by atoms with van der Waals surface area (Å²) in [7, 11) is 1.68. The first kappa shape index (κ1) is 21.0. The molecule has 1 unspecified atom stereocenters. The zero-order valence-electron chi connectivity index (χ0n) is 15.8. The van der Waals surface area contributed by atoms with Crippen molar-refractivity contribution in [2.24, 2.45) is 4.99 Å². The number of ether oxygens (including phenoxy) is 2. The smallest absolute Gasteiger partial charge is 0.191 e. The van der Waals surface area contributed by atoms with E-state index in [9.17, 15) is 0 Å². The highest BCUT2D eigenvalue weighted by Gasteiger charge is 2.23. The van der Waals surface area contributed by atoms with Crippen LogP contribution in [0.4, 0.5) is 5.69 Å². The van der Waals surface area contributed by atoms with Gasteiger partial charge in [0, 0.05) is 56.1 Å². The summed E-state index contributed by atoms with van der Waals surface area (Å²) in [5, 5.41) is 6.90. The number of aliphatic imine (C=N–C) groups is 1. The topological polar surface area (TPSA) is 58.1 Å². The lowest BCUT2D eigenvalue weighted by Gasteiger charge is -2.20. The van der Waals surface area contributed by atoms with Crippen molar-refractivity contribution in [1.29, 1.82) is 0 Å². The van der Waals surface area contributed by atoms with Crippen LogP contribution in [-0.4, -0.2) is 65.1 Å². The van der Waals surface area contributed by atoms with Crippen molar-refractivity contribution in [3.63, 3.8) is 0 Å². The number of nitrogens with one attached hydrogen (secondary N) is 2. The molecule has 2 N–H and O–H groups in total. The first-order chi connectivity index (χ1) is 12.7. The molecule has 2 rings (SSSR count). The van der Waals surface area contributed by atoms with Crippen LogP contribution < -0.4 is 15.5 Å². The molecule has 1 aliphatic heterocycles. The van der Waals surface area contributed by atoms with Crippen molar-refractivity contribution in [2.75, 3.05) is 58.0 Å². The number of halogens is 1. The number of rotatable bonds is 10. The highest BCUT2D eigenvalue weighted by atomic mass is 79.9. The quantitative estimate of drug-likeness (QED) is 0.342. The molecule has 26 heavy (non-hydrogen) atoms. The van der Waals surface area contributed by atoms with Crippen molar-refractivity contribution in [3.8, 4) is 0 Å². The molecule has 0 amide bonds. The first-order valence-corrected chi connectivity index (χ1v) is 10.1. The standard InChI is InChI=1S/C19H31BrN4O2/c1-3-21-19(22-10-4-12-26-14-13-25-2)23-17-9-11-24(15-17)18-7-5-16(20)6-8-18/h5-8,17H,3-4,9-15H2,1-2H3,(H2,21,22,23). The Balaban J connectivity index is 1.74. The Hall–Kier alpha value is -1.31. The SMILES string of the molecule is CCNC(=NCCCOCCOC)NC1CCN(c2ccc(Br)cc2)C1. The van der Waals surface area contributed by atoms with Gasteiger partial charge < -0.3 is 25.0 Å². The van der Waals surface area contributed by atoms with Gasteiger partial charge in [-0.05, 0) is 44.0 Å². The molecule has 146 valence electrons. The highest BCUT2D eigenvalue weighted by molar-refractivity contribution is 9.10. The van der Waals surface area contributed by atoms with Crippen LogP contribution >= 0.6 is 15.9 Å². The molecule has 0 spiro atoms. The largest absolute Gasteiger partial charge is 0.382 e. The molecular weight excluding hydrogens is 396 g/mol. The minimum Gasteiger partial charge on any atom is -0.382 e. The van der Waals surface area contributed by atoms with Crippen molar-refractivity contribution < 1.29 is 9.47 Å². The Labute approximate surface area is 165 Å². The van der Waals surface area contributed by atoms with E-state index in [2.05, 4.69) is 67.6 Å². The van der Waals surface area contributed by atoms with Gasteiger partial charge in [0.15, 0.2) is 5.96 Å². The Bertz CT molecular complexity index is 539. The monoisotopic (exact) mass is 426 g/mol. The van der Waals surface area contributed by atoms with Gasteiger partial charge in [0.1, 0.15) is 0 Å². The Morgan fingerprint density at radius 2 is 2.08 bits per heavy atom. The van der Waals surface area contributed by atoms with Crippen LogP contribution in [-0.2, 0) is 9.47 Å². The predicted molar refractivity (Wildman–Crippen MR) is 111 cm³/mol.